The van der Waals surface area contributed by atoms with Gasteiger partial charge in [-0.3, -0.25) is 9.78 Å². The second-order valence-corrected chi connectivity index (χ2v) is 7.45. The van der Waals surface area contributed by atoms with Gasteiger partial charge in [0.05, 0.1) is 29.6 Å². The molecule has 1 aliphatic rings. The van der Waals surface area contributed by atoms with Gasteiger partial charge in [0.25, 0.3) is 5.91 Å². The number of fused-ring (bicyclic) bond motifs is 1. The molecule has 2 unspecified atom stereocenters. The highest BCUT2D eigenvalue weighted by atomic mass is 16.3. The van der Waals surface area contributed by atoms with Gasteiger partial charge in [-0.1, -0.05) is 18.6 Å². The summed E-state index contributed by atoms with van der Waals surface area (Å²) in [6, 6.07) is 3.19. The number of aliphatic hydroxyl groups excluding tert-OH is 1. The minimum absolute atomic E-state index is 0.0843. The van der Waals surface area contributed by atoms with Gasteiger partial charge in [0.1, 0.15) is 17.8 Å². The van der Waals surface area contributed by atoms with Crippen LogP contribution in [-0.4, -0.2) is 26.8 Å². The van der Waals surface area contributed by atoms with E-state index < -0.39 is 12.1 Å². The zero-order valence-electron chi connectivity index (χ0n) is 17.6. The molecule has 0 saturated heterocycles. The Kier molecular flexibility index (Phi) is 6.47. The fourth-order valence-corrected chi connectivity index (χ4v) is 3.42. The van der Waals surface area contributed by atoms with E-state index >= 15 is 0 Å². The number of aliphatic imine (C=N–C) groups is 1. The SMILES string of the molecule is CCC(C)=C(C(=O)NC1CC(O)c2cccnc21)C(N)=NC(=C(C)C)c1ncco1. The monoisotopic (exact) mass is 409 g/mol. The fourth-order valence-electron chi connectivity index (χ4n) is 3.42. The smallest absolute Gasteiger partial charge is 0.255 e. The molecule has 2 aromatic rings. The van der Waals surface area contributed by atoms with E-state index in [0.717, 1.165) is 16.7 Å². The molecule has 0 spiro atoms. The minimum Gasteiger partial charge on any atom is -0.443 e. The summed E-state index contributed by atoms with van der Waals surface area (Å²) in [4.78, 5) is 26.2. The van der Waals surface area contributed by atoms with Crippen molar-refractivity contribution in [1.82, 2.24) is 15.3 Å². The number of hydrogen-bond acceptors (Lipinski definition) is 6. The van der Waals surface area contributed by atoms with Crippen molar-refractivity contribution in [2.24, 2.45) is 10.7 Å². The van der Waals surface area contributed by atoms with Crippen LogP contribution in [0, 0.1) is 0 Å². The number of oxazole rings is 1. The fraction of sp³-hybridized carbons (Fsp3) is 0.364. The summed E-state index contributed by atoms with van der Waals surface area (Å²) in [5, 5.41) is 13.2. The van der Waals surface area contributed by atoms with Crippen molar-refractivity contribution >= 4 is 17.4 Å². The topological polar surface area (TPSA) is 127 Å². The zero-order valence-corrected chi connectivity index (χ0v) is 17.6. The number of nitrogens with zero attached hydrogens (tertiary/aromatic N) is 3. The Labute approximate surface area is 175 Å². The molecule has 2 aromatic heterocycles. The molecule has 158 valence electrons. The molecule has 30 heavy (non-hydrogen) atoms. The number of carbonyl (C=O) groups excluding carboxylic acids is 1. The highest BCUT2D eigenvalue weighted by Gasteiger charge is 2.33. The number of nitrogens with one attached hydrogen (secondary N) is 1. The predicted octanol–water partition coefficient (Wildman–Crippen LogP) is 3.20. The number of rotatable bonds is 6. The number of aliphatic hydroxyl groups is 1. The molecule has 0 aromatic carbocycles. The minimum atomic E-state index is -0.660. The lowest BCUT2D eigenvalue weighted by Gasteiger charge is -2.17. The highest BCUT2D eigenvalue weighted by molar-refractivity contribution is 6.21. The van der Waals surface area contributed by atoms with Crippen LogP contribution in [0.15, 0.2) is 56.9 Å². The number of amides is 1. The van der Waals surface area contributed by atoms with Gasteiger partial charge < -0.3 is 20.6 Å². The first-order chi connectivity index (χ1) is 14.3. The van der Waals surface area contributed by atoms with Crippen molar-refractivity contribution in [2.75, 3.05) is 0 Å². The third-order valence-corrected chi connectivity index (χ3v) is 5.11. The largest absolute Gasteiger partial charge is 0.443 e. The van der Waals surface area contributed by atoms with Gasteiger partial charge in [0.2, 0.25) is 5.89 Å². The lowest BCUT2D eigenvalue weighted by Crippen LogP contribution is -2.35. The molecule has 8 nitrogen and oxygen atoms in total. The third kappa shape index (κ3) is 4.33. The van der Waals surface area contributed by atoms with Gasteiger partial charge >= 0.3 is 0 Å². The second kappa shape index (κ2) is 9.04. The maximum absolute atomic E-state index is 13.2. The van der Waals surface area contributed by atoms with E-state index in [1.807, 2.05) is 33.8 Å². The van der Waals surface area contributed by atoms with Crippen LogP contribution in [-0.2, 0) is 4.79 Å². The predicted molar refractivity (Wildman–Crippen MR) is 114 cm³/mol. The maximum Gasteiger partial charge on any atom is 0.255 e. The van der Waals surface area contributed by atoms with Crippen LogP contribution in [0.3, 0.4) is 0 Å². The quantitative estimate of drug-likeness (QED) is 0.382. The Bertz CT molecular complexity index is 1020. The van der Waals surface area contributed by atoms with E-state index in [1.54, 1.807) is 12.3 Å². The summed E-state index contributed by atoms with van der Waals surface area (Å²) in [6.07, 6.45) is 4.97. The highest BCUT2D eigenvalue weighted by Crippen LogP contribution is 2.37. The first kappa shape index (κ1) is 21.4. The van der Waals surface area contributed by atoms with Crippen molar-refractivity contribution in [2.45, 2.75) is 52.7 Å². The number of carbonyl (C=O) groups is 1. The number of hydrogen-bond donors (Lipinski definition) is 3. The van der Waals surface area contributed by atoms with E-state index in [9.17, 15) is 9.90 Å². The molecule has 2 atom stereocenters. The van der Waals surface area contributed by atoms with Crippen molar-refractivity contribution in [3.8, 4) is 0 Å². The van der Waals surface area contributed by atoms with E-state index in [1.165, 1.54) is 12.5 Å². The van der Waals surface area contributed by atoms with Crippen molar-refractivity contribution in [3.63, 3.8) is 0 Å². The van der Waals surface area contributed by atoms with Crippen LogP contribution in [0.1, 0.15) is 69.8 Å². The van der Waals surface area contributed by atoms with Crippen LogP contribution < -0.4 is 11.1 Å². The van der Waals surface area contributed by atoms with E-state index in [4.69, 9.17) is 10.2 Å². The lowest BCUT2D eigenvalue weighted by molar-refractivity contribution is -0.117. The Hall–Kier alpha value is -3.26. The van der Waals surface area contributed by atoms with Gasteiger partial charge in [-0.15, -0.1) is 0 Å². The maximum atomic E-state index is 13.2. The van der Waals surface area contributed by atoms with Gasteiger partial charge in [-0.2, -0.15) is 0 Å². The van der Waals surface area contributed by atoms with E-state index in [2.05, 4.69) is 20.3 Å². The molecule has 0 saturated carbocycles. The second-order valence-electron chi connectivity index (χ2n) is 7.45. The van der Waals surface area contributed by atoms with Gasteiger partial charge in [-0.25, -0.2) is 9.98 Å². The molecular weight excluding hydrogens is 382 g/mol. The molecule has 4 N–H and O–H groups in total. The number of allylic oxidation sites excluding steroid dienone is 2. The van der Waals surface area contributed by atoms with Crippen LogP contribution in [0.4, 0.5) is 0 Å². The molecular formula is C22H27N5O3. The third-order valence-electron chi connectivity index (χ3n) is 5.11. The molecule has 3 rings (SSSR count). The van der Waals surface area contributed by atoms with Gasteiger partial charge in [-0.05, 0) is 38.8 Å². The number of aromatic nitrogens is 2. The van der Waals surface area contributed by atoms with Crippen molar-refractivity contribution < 1.29 is 14.3 Å². The molecule has 0 bridgehead atoms. The molecule has 1 amide bonds. The molecule has 8 heteroatoms. The zero-order chi connectivity index (χ0) is 21.8. The number of nitrogens with two attached hydrogens (primary N) is 1. The average molecular weight is 409 g/mol. The van der Waals surface area contributed by atoms with Gasteiger partial charge in [0, 0.05) is 18.2 Å². The van der Waals surface area contributed by atoms with Crippen molar-refractivity contribution in [3.05, 3.63) is 64.7 Å². The Morgan fingerprint density at radius 1 is 1.33 bits per heavy atom. The summed E-state index contributed by atoms with van der Waals surface area (Å²) in [6.45, 7) is 7.53. The molecule has 1 aliphatic carbocycles. The summed E-state index contributed by atoms with van der Waals surface area (Å²) in [5.74, 6) is 0.0664. The normalized spacial score (nSPS) is 19.2. The molecule has 0 aliphatic heterocycles. The Morgan fingerprint density at radius 3 is 2.73 bits per heavy atom. The summed E-state index contributed by atoms with van der Waals surface area (Å²) >= 11 is 0. The molecule has 0 fully saturated rings. The Balaban J connectivity index is 1.92. The molecule has 2 heterocycles. The lowest BCUT2D eigenvalue weighted by atomic mass is 10.0. The van der Waals surface area contributed by atoms with Crippen LogP contribution in [0.2, 0.25) is 0 Å². The average Bonchev–Trinajstić information content (AvgIpc) is 3.35. The summed E-state index contributed by atoms with van der Waals surface area (Å²) < 4.78 is 5.36. The van der Waals surface area contributed by atoms with Crippen molar-refractivity contribution in [1.29, 1.82) is 0 Å². The number of amidine groups is 1. The van der Waals surface area contributed by atoms with Crippen LogP contribution in [0.5, 0.6) is 0 Å². The summed E-state index contributed by atoms with van der Waals surface area (Å²) in [7, 11) is 0. The summed E-state index contributed by atoms with van der Waals surface area (Å²) in [5.41, 5.74) is 10.1. The Morgan fingerprint density at radius 2 is 2.10 bits per heavy atom. The number of pyridine rings is 1. The van der Waals surface area contributed by atoms with Crippen LogP contribution in [0.25, 0.3) is 5.70 Å². The first-order valence-electron chi connectivity index (χ1n) is 9.88. The first-order valence-corrected chi connectivity index (χ1v) is 9.88. The van der Waals surface area contributed by atoms with Crippen LogP contribution >= 0.6 is 0 Å². The standard InChI is InChI=1S/C22H27N5O3/c1-5-13(4)17(20(23)27-18(12(2)3)22-25-9-10-30-22)21(29)26-15-11-16(28)14-7-6-8-24-19(14)15/h6-10,15-16,28H,5,11H2,1-4H3,(H2,23,27)(H,26,29). The van der Waals surface area contributed by atoms with E-state index in [-0.39, 0.29) is 11.7 Å². The molecule has 0 radical (unpaired) electrons. The van der Waals surface area contributed by atoms with E-state index in [0.29, 0.717) is 35.7 Å². The van der Waals surface area contributed by atoms with Gasteiger partial charge in [0.15, 0.2) is 0 Å².